The van der Waals surface area contributed by atoms with Crippen molar-refractivity contribution in [3.63, 3.8) is 0 Å². The maximum Gasteiger partial charge on any atom is 0.126 e. The Morgan fingerprint density at radius 1 is 1.35 bits per heavy atom. The molecular weight excluding hydrogens is 228 g/mol. The molecule has 3 heteroatoms. The third kappa shape index (κ3) is 2.20. The summed E-state index contributed by atoms with van der Waals surface area (Å²) in [5.41, 5.74) is 2.68. The maximum atomic E-state index is 4.42. The van der Waals surface area contributed by atoms with Crippen LogP contribution in [0.2, 0.25) is 0 Å². The number of thiophene rings is 1. The van der Waals surface area contributed by atoms with Gasteiger partial charge in [-0.2, -0.15) is 0 Å². The van der Waals surface area contributed by atoms with Crippen LogP contribution in [0.4, 0.5) is 5.82 Å². The molecular formula is C14H16N2S. The second-order valence-electron chi connectivity index (χ2n) is 4.61. The van der Waals surface area contributed by atoms with Crippen molar-refractivity contribution < 1.29 is 0 Å². The Labute approximate surface area is 106 Å². The van der Waals surface area contributed by atoms with E-state index in [-0.39, 0.29) is 0 Å². The predicted octanol–water partition coefficient (Wildman–Crippen LogP) is 3.94. The Balaban J connectivity index is 1.81. The molecule has 3 rings (SSSR count). The van der Waals surface area contributed by atoms with E-state index < -0.39 is 0 Å². The average Bonchev–Trinajstić information content (AvgIpc) is 2.81. The Hall–Kier alpha value is -1.35. The van der Waals surface area contributed by atoms with Gasteiger partial charge in [0.1, 0.15) is 5.82 Å². The van der Waals surface area contributed by atoms with Crippen LogP contribution in [-0.2, 0) is 6.42 Å². The van der Waals surface area contributed by atoms with E-state index in [1.807, 2.05) is 17.5 Å². The number of fused-ring (bicyclic) bond motifs is 1. The fraction of sp³-hybridized carbons (Fsp3) is 0.357. The lowest BCUT2D eigenvalue weighted by Crippen LogP contribution is -2.16. The zero-order valence-electron chi connectivity index (χ0n) is 9.94. The molecule has 0 saturated carbocycles. The summed E-state index contributed by atoms with van der Waals surface area (Å²) in [5.74, 6) is 0.986. The summed E-state index contributed by atoms with van der Waals surface area (Å²) in [7, 11) is 0. The second-order valence-corrected chi connectivity index (χ2v) is 5.61. The maximum absolute atomic E-state index is 4.42. The molecule has 1 aliphatic carbocycles. The van der Waals surface area contributed by atoms with Gasteiger partial charge >= 0.3 is 0 Å². The fourth-order valence-electron chi connectivity index (χ4n) is 2.37. The Bertz CT molecular complexity index is 501. The van der Waals surface area contributed by atoms with Crippen LogP contribution in [0.5, 0.6) is 0 Å². The molecule has 0 spiro atoms. The summed E-state index contributed by atoms with van der Waals surface area (Å²) < 4.78 is 0. The number of aryl methyl sites for hydroxylation is 2. The molecule has 0 aromatic carbocycles. The number of hydrogen-bond donors (Lipinski definition) is 1. The van der Waals surface area contributed by atoms with E-state index >= 15 is 0 Å². The predicted molar refractivity (Wildman–Crippen MR) is 72.6 cm³/mol. The summed E-state index contributed by atoms with van der Waals surface area (Å²) in [6.45, 7) is 2.06. The highest BCUT2D eigenvalue weighted by atomic mass is 32.1. The van der Waals surface area contributed by atoms with Crippen LogP contribution < -0.4 is 5.32 Å². The first kappa shape index (κ1) is 10.8. The molecule has 0 bridgehead atoms. The zero-order valence-corrected chi connectivity index (χ0v) is 10.8. The normalized spacial score (nSPS) is 18.8. The first-order valence-corrected chi connectivity index (χ1v) is 6.96. The van der Waals surface area contributed by atoms with Gasteiger partial charge in [0.15, 0.2) is 0 Å². The molecule has 1 atom stereocenters. The Morgan fingerprint density at radius 3 is 3.12 bits per heavy atom. The number of anilines is 1. The Kier molecular flexibility index (Phi) is 2.85. The largest absolute Gasteiger partial charge is 0.363 e. The van der Waals surface area contributed by atoms with Gasteiger partial charge in [-0.3, -0.25) is 0 Å². The topological polar surface area (TPSA) is 24.9 Å². The van der Waals surface area contributed by atoms with Crippen molar-refractivity contribution in [2.75, 3.05) is 5.32 Å². The molecule has 2 aromatic rings. The first-order chi connectivity index (χ1) is 8.33. The molecule has 0 amide bonds. The number of hydrogen-bond acceptors (Lipinski definition) is 3. The van der Waals surface area contributed by atoms with Gasteiger partial charge in [-0.1, -0.05) is 6.07 Å². The molecule has 1 aliphatic rings. The molecule has 1 unspecified atom stereocenters. The van der Waals surface area contributed by atoms with Crippen molar-refractivity contribution in [2.24, 2.45) is 0 Å². The van der Waals surface area contributed by atoms with Gasteiger partial charge in [0.2, 0.25) is 0 Å². The van der Waals surface area contributed by atoms with Crippen LogP contribution >= 0.6 is 11.3 Å². The highest BCUT2D eigenvalue weighted by Crippen LogP contribution is 2.35. The van der Waals surface area contributed by atoms with Crippen molar-refractivity contribution in [3.05, 3.63) is 45.8 Å². The van der Waals surface area contributed by atoms with Gasteiger partial charge < -0.3 is 5.32 Å². The zero-order chi connectivity index (χ0) is 11.7. The van der Waals surface area contributed by atoms with E-state index in [0.717, 1.165) is 5.82 Å². The number of aromatic nitrogens is 1. The van der Waals surface area contributed by atoms with Crippen LogP contribution in [0.15, 0.2) is 29.8 Å². The molecule has 88 valence electrons. The van der Waals surface area contributed by atoms with E-state index in [1.165, 1.54) is 30.4 Å². The van der Waals surface area contributed by atoms with Crippen LogP contribution in [0, 0.1) is 6.92 Å². The average molecular weight is 244 g/mol. The van der Waals surface area contributed by atoms with E-state index in [2.05, 4.69) is 40.8 Å². The summed E-state index contributed by atoms with van der Waals surface area (Å²) in [5, 5.41) is 5.75. The number of pyridine rings is 1. The standard InChI is InChI=1S/C14H16N2S/c1-10-5-6-14(15-9-10)16-12-3-2-4-13-11(12)7-8-17-13/h5-9,12H,2-4H2,1H3,(H,15,16). The number of nitrogens with one attached hydrogen (secondary N) is 1. The first-order valence-electron chi connectivity index (χ1n) is 6.08. The van der Waals surface area contributed by atoms with Crippen LogP contribution in [-0.4, -0.2) is 4.98 Å². The Morgan fingerprint density at radius 2 is 2.29 bits per heavy atom. The molecule has 0 aliphatic heterocycles. The number of rotatable bonds is 2. The highest BCUT2D eigenvalue weighted by molar-refractivity contribution is 7.10. The SMILES string of the molecule is Cc1ccc(NC2CCCc3sccc32)nc1. The second kappa shape index (κ2) is 4.49. The van der Waals surface area contributed by atoms with Gasteiger partial charge in [-0.15, -0.1) is 11.3 Å². The minimum atomic E-state index is 0.445. The van der Waals surface area contributed by atoms with Gasteiger partial charge in [0, 0.05) is 11.1 Å². The van der Waals surface area contributed by atoms with Gasteiger partial charge in [0.25, 0.3) is 0 Å². The van der Waals surface area contributed by atoms with E-state index in [4.69, 9.17) is 0 Å². The molecule has 1 N–H and O–H groups in total. The molecule has 2 nitrogen and oxygen atoms in total. The summed E-state index contributed by atoms with van der Waals surface area (Å²) in [4.78, 5) is 5.96. The quantitative estimate of drug-likeness (QED) is 0.865. The molecule has 2 aromatic heterocycles. The minimum Gasteiger partial charge on any atom is -0.363 e. The lowest BCUT2D eigenvalue weighted by molar-refractivity contribution is 0.607. The molecule has 0 saturated heterocycles. The minimum absolute atomic E-state index is 0.445. The van der Waals surface area contributed by atoms with Gasteiger partial charge in [-0.05, 0) is 54.8 Å². The smallest absolute Gasteiger partial charge is 0.126 e. The summed E-state index contributed by atoms with van der Waals surface area (Å²) in [6, 6.07) is 6.87. The lowest BCUT2D eigenvalue weighted by Gasteiger charge is -2.24. The molecule has 2 heterocycles. The van der Waals surface area contributed by atoms with Crippen molar-refractivity contribution in [1.29, 1.82) is 0 Å². The fourth-order valence-corrected chi connectivity index (χ4v) is 3.36. The van der Waals surface area contributed by atoms with Crippen LogP contribution in [0.3, 0.4) is 0 Å². The van der Waals surface area contributed by atoms with Crippen molar-refractivity contribution >= 4 is 17.2 Å². The van der Waals surface area contributed by atoms with E-state index in [1.54, 1.807) is 4.88 Å². The summed E-state index contributed by atoms with van der Waals surface area (Å²) in [6.07, 6.45) is 5.64. The summed E-state index contributed by atoms with van der Waals surface area (Å²) >= 11 is 1.88. The van der Waals surface area contributed by atoms with Crippen molar-refractivity contribution in [3.8, 4) is 0 Å². The van der Waals surface area contributed by atoms with Crippen molar-refractivity contribution in [2.45, 2.75) is 32.2 Å². The third-order valence-electron chi connectivity index (χ3n) is 3.29. The van der Waals surface area contributed by atoms with Crippen molar-refractivity contribution in [1.82, 2.24) is 4.98 Å². The number of nitrogens with zero attached hydrogens (tertiary/aromatic N) is 1. The van der Waals surface area contributed by atoms with E-state index in [0.29, 0.717) is 6.04 Å². The van der Waals surface area contributed by atoms with Gasteiger partial charge in [0.05, 0.1) is 6.04 Å². The van der Waals surface area contributed by atoms with Crippen LogP contribution in [0.1, 0.15) is 34.9 Å². The molecule has 0 radical (unpaired) electrons. The van der Waals surface area contributed by atoms with Crippen LogP contribution in [0.25, 0.3) is 0 Å². The monoisotopic (exact) mass is 244 g/mol. The molecule has 17 heavy (non-hydrogen) atoms. The van der Waals surface area contributed by atoms with E-state index in [9.17, 15) is 0 Å². The van der Waals surface area contributed by atoms with Gasteiger partial charge in [-0.25, -0.2) is 4.98 Å². The molecule has 0 fully saturated rings. The highest BCUT2D eigenvalue weighted by Gasteiger charge is 2.20. The third-order valence-corrected chi connectivity index (χ3v) is 4.28. The lowest BCUT2D eigenvalue weighted by atomic mass is 9.94.